The van der Waals surface area contributed by atoms with Gasteiger partial charge in [-0.2, -0.15) is 0 Å². The first-order valence-corrected chi connectivity index (χ1v) is 7.95. The summed E-state index contributed by atoms with van der Waals surface area (Å²) in [4.78, 5) is 25.3. The van der Waals surface area contributed by atoms with Crippen LogP contribution in [0.25, 0.3) is 0 Å². The van der Waals surface area contributed by atoms with Crippen LogP contribution in [0.4, 0.5) is 0 Å². The lowest BCUT2D eigenvalue weighted by Gasteiger charge is -2.23. The van der Waals surface area contributed by atoms with Gasteiger partial charge in [-0.05, 0) is 42.9 Å². The number of hydrogen-bond acceptors (Lipinski definition) is 3. The summed E-state index contributed by atoms with van der Waals surface area (Å²) in [5, 5.41) is 3.25. The lowest BCUT2D eigenvalue weighted by Crippen LogP contribution is -2.43. The van der Waals surface area contributed by atoms with Crippen LogP contribution in [0.3, 0.4) is 0 Å². The minimum atomic E-state index is -0.308. The second-order valence-corrected chi connectivity index (χ2v) is 6.08. The Morgan fingerprint density at radius 1 is 1.26 bits per heavy atom. The number of benzene rings is 1. The molecule has 23 heavy (non-hydrogen) atoms. The molecule has 1 aliphatic carbocycles. The molecule has 0 aromatic heterocycles. The number of nitrogens with two attached hydrogens (primary N) is 1. The maximum Gasteiger partial charge on any atom is 0.241 e. The molecular formula is C16H23Cl2N3O2. The molecule has 0 atom stereocenters. The van der Waals surface area contributed by atoms with Crippen LogP contribution >= 0.6 is 24.0 Å². The van der Waals surface area contributed by atoms with Gasteiger partial charge in [-0.1, -0.05) is 23.7 Å². The molecule has 1 aliphatic rings. The highest BCUT2D eigenvalue weighted by Gasteiger charge is 2.26. The first kappa shape index (κ1) is 19.7. The van der Waals surface area contributed by atoms with E-state index < -0.39 is 0 Å². The van der Waals surface area contributed by atoms with E-state index in [1.807, 2.05) is 29.2 Å². The zero-order valence-electron chi connectivity index (χ0n) is 13.0. The fraction of sp³-hybridized carbons (Fsp3) is 0.500. The molecule has 3 N–H and O–H groups in total. The van der Waals surface area contributed by atoms with Gasteiger partial charge >= 0.3 is 0 Å². The van der Waals surface area contributed by atoms with E-state index in [4.69, 9.17) is 17.3 Å². The minimum Gasteiger partial charge on any atom is -0.346 e. The number of hydrogen-bond donors (Lipinski definition) is 2. The van der Waals surface area contributed by atoms with Crippen LogP contribution < -0.4 is 11.1 Å². The highest BCUT2D eigenvalue weighted by Crippen LogP contribution is 2.29. The Bertz CT molecular complexity index is 519. The molecule has 0 saturated heterocycles. The van der Waals surface area contributed by atoms with E-state index in [0.29, 0.717) is 17.5 Å². The number of carbonyl (C=O) groups is 2. The molecule has 1 aromatic rings. The highest BCUT2D eigenvalue weighted by atomic mass is 35.5. The molecule has 0 spiro atoms. The van der Waals surface area contributed by atoms with Crippen molar-refractivity contribution in [1.82, 2.24) is 10.2 Å². The minimum absolute atomic E-state index is 0. The number of halogens is 2. The van der Waals surface area contributed by atoms with E-state index in [1.54, 1.807) is 0 Å². The average molecular weight is 360 g/mol. The van der Waals surface area contributed by atoms with Crippen molar-refractivity contribution in [3.63, 3.8) is 0 Å². The molecule has 0 aliphatic heterocycles. The van der Waals surface area contributed by atoms with Crippen molar-refractivity contribution >= 4 is 35.8 Å². The van der Waals surface area contributed by atoms with Gasteiger partial charge in [0.2, 0.25) is 11.8 Å². The van der Waals surface area contributed by atoms with E-state index in [-0.39, 0.29) is 37.3 Å². The number of rotatable bonds is 8. The van der Waals surface area contributed by atoms with Crippen LogP contribution in [0.15, 0.2) is 24.3 Å². The lowest BCUT2D eigenvalue weighted by atomic mass is 10.1. The van der Waals surface area contributed by atoms with E-state index in [0.717, 1.165) is 18.5 Å². The third kappa shape index (κ3) is 7.20. The quantitative estimate of drug-likeness (QED) is 0.740. The van der Waals surface area contributed by atoms with Gasteiger partial charge in [0.1, 0.15) is 0 Å². The van der Waals surface area contributed by atoms with E-state index in [9.17, 15) is 9.59 Å². The maximum absolute atomic E-state index is 12.3. The molecule has 0 unspecified atom stereocenters. The van der Waals surface area contributed by atoms with Gasteiger partial charge in [-0.3, -0.25) is 9.59 Å². The molecule has 2 rings (SSSR count). The SMILES string of the molecule is Cl.NCC(=O)NCC(=O)N(CCc1ccc(Cl)cc1)CC1CC1. The molecule has 1 saturated carbocycles. The van der Waals surface area contributed by atoms with Crippen LogP contribution in [-0.2, 0) is 16.0 Å². The average Bonchev–Trinajstić information content (AvgIpc) is 3.34. The molecule has 2 amide bonds. The van der Waals surface area contributed by atoms with Gasteiger partial charge in [0.25, 0.3) is 0 Å². The largest absolute Gasteiger partial charge is 0.346 e. The second-order valence-electron chi connectivity index (χ2n) is 5.64. The van der Waals surface area contributed by atoms with E-state index >= 15 is 0 Å². The van der Waals surface area contributed by atoms with Crippen molar-refractivity contribution < 1.29 is 9.59 Å². The van der Waals surface area contributed by atoms with Crippen LogP contribution in [0.1, 0.15) is 18.4 Å². The van der Waals surface area contributed by atoms with Crippen molar-refractivity contribution in [2.45, 2.75) is 19.3 Å². The summed E-state index contributed by atoms with van der Waals surface area (Å²) >= 11 is 5.87. The van der Waals surface area contributed by atoms with Gasteiger partial charge in [-0.15, -0.1) is 12.4 Å². The van der Waals surface area contributed by atoms with Gasteiger partial charge < -0.3 is 16.0 Å². The number of nitrogens with one attached hydrogen (secondary N) is 1. The van der Waals surface area contributed by atoms with Gasteiger partial charge in [0.05, 0.1) is 13.1 Å². The Labute approximate surface area is 148 Å². The van der Waals surface area contributed by atoms with Crippen molar-refractivity contribution in [2.75, 3.05) is 26.2 Å². The first-order chi connectivity index (χ1) is 10.6. The summed E-state index contributed by atoms with van der Waals surface area (Å²) < 4.78 is 0. The Hall–Kier alpha value is -1.30. The normalized spacial score (nSPS) is 13.1. The smallest absolute Gasteiger partial charge is 0.241 e. The van der Waals surface area contributed by atoms with Gasteiger partial charge in [0, 0.05) is 18.1 Å². The molecule has 7 heteroatoms. The first-order valence-electron chi connectivity index (χ1n) is 7.57. The van der Waals surface area contributed by atoms with Crippen molar-refractivity contribution in [3.05, 3.63) is 34.9 Å². The Kier molecular flexibility index (Phi) is 8.37. The third-order valence-electron chi connectivity index (χ3n) is 3.73. The number of nitrogens with zero attached hydrogens (tertiary/aromatic N) is 1. The monoisotopic (exact) mass is 359 g/mol. The lowest BCUT2D eigenvalue weighted by molar-refractivity contribution is -0.132. The molecule has 1 aromatic carbocycles. The third-order valence-corrected chi connectivity index (χ3v) is 3.99. The Morgan fingerprint density at radius 3 is 2.48 bits per heavy atom. The predicted octanol–water partition coefficient (Wildman–Crippen LogP) is 1.62. The summed E-state index contributed by atoms with van der Waals surface area (Å²) in [7, 11) is 0. The summed E-state index contributed by atoms with van der Waals surface area (Å²) in [6.07, 6.45) is 3.14. The second kappa shape index (κ2) is 9.75. The standard InChI is InChI=1S/C16H22ClN3O2.ClH/c17-14-5-3-12(4-6-14)7-8-20(11-13-1-2-13)16(22)10-19-15(21)9-18;/h3-6,13H,1-2,7-11,18H2,(H,19,21);1H. The van der Waals surface area contributed by atoms with E-state index in [1.165, 1.54) is 12.8 Å². The zero-order valence-corrected chi connectivity index (χ0v) is 14.5. The van der Waals surface area contributed by atoms with Crippen molar-refractivity contribution in [1.29, 1.82) is 0 Å². The fourth-order valence-electron chi connectivity index (χ4n) is 2.20. The summed E-state index contributed by atoms with van der Waals surface area (Å²) in [6.45, 7) is 1.34. The predicted molar refractivity (Wildman–Crippen MR) is 93.8 cm³/mol. The molecule has 0 bridgehead atoms. The fourth-order valence-corrected chi connectivity index (χ4v) is 2.33. The van der Waals surface area contributed by atoms with Gasteiger partial charge in [0.15, 0.2) is 0 Å². The van der Waals surface area contributed by atoms with Crippen LogP contribution in [-0.4, -0.2) is 42.9 Å². The highest BCUT2D eigenvalue weighted by molar-refractivity contribution is 6.30. The molecule has 1 fully saturated rings. The Balaban J connectivity index is 0.00000264. The summed E-state index contributed by atoms with van der Waals surface area (Å²) in [6, 6.07) is 7.65. The zero-order chi connectivity index (χ0) is 15.9. The van der Waals surface area contributed by atoms with Crippen molar-refractivity contribution in [3.8, 4) is 0 Å². The van der Waals surface area contributed by atoms with Crippen molar-refractivity contribution in [2.24, 2.45) is 11.7 Å². The number of carbonyl (C=O) groups excluding carboxylic acids is 2. The van der Waals surface area contributed by atoms with E-state index in [2.05, 4.69) is 5.32 Å². The molecule has 0 radical (unpaired) electrons. The summed E-state index contributed by atoms with van der Waals surface area (Å²) in [5.41, 5.74) is 6.37. The summed E-state index contributed by atoms with van der Waals surface area (Å²) in [5.74, 6) is 0.250. The van der Waals surface area contributed by atoms with Crippen LogP contribution in [0, 0.1) is 5.92 Å². The molecule has 128 valence electrons. The maximum atomic E-state index is 12.3. The molecular weight excluding hydrogens is 337 g/mol. The topological polar surface area (TPSA) is 75.4 Å². The number of amides is 2. The molecule has 0 heterocycles. The van der Waals surface area contributed by atoms with Gasteiger partial charge in [-0.25, -0.2) is 0 Å². The molecule has 5 nitrogen and oxygen atoms in total. The van der Waals surface area contributed by atoms with Crippen LogP contribution in [0.2, 0.25) is 5.02 Å². The Morgan fingerprint density at radius 2 is 1.91 bits per heavy atom. The van der Waals surface area contributed by atoms with Crippen LogP contribution in [0.5, 0.6) is 0 Å².